The van der Waals surface area contributed by atoms with Crippen LogP contribution in [-0.2, 0) is 14.3 Å². The highest BCUT2D eigenvalue weighted by Crippen LogP contribution is 2.34. The molecular weight excluding hydrogens is 430 g/mol. The number of amides is 3. The van der Waals surface area contributed by atoms with Gasteiger partial charge in [-0.05, 0) is 42.3 Å². The normalized spacial score (nSPS) is 15.5. The summed E-state index contributed by atoms with van der Waals surface area (Å²) in [4.78, 5) is 40.2. The Kier molecular flexibility index (Phi) is 7.58. The number of benzene rings is 1. The summed E-state index contributed by atoms with van der Waals surface area (Å²) in [5, 5.41) is 9.12. The fourth-order valence-electron chi connectivity index (χ4n) is 3.11. The molecule has 0 radical (unpaired) electrons. The van der Waals surface area contributed by atoms with Crippen molar-refractivity contribution in [2.45, 2.75) is 13.0 Å². The Hall–Kier alpha value is -4.41. The molecule has 11 nitrogen and oxygen atoms in total. The van der Waals surface area contributed by atoms with Crippen molar-refractivity contribution in [1.29, 1.82) is 0 Å². The van der Waals surface area contributed by atoms with Crippen LogP contribution >= 0.6 is 0 Å². The largest absolute Gasteiger partial charge is 0.493 e. The Bertz CT molecular complexity index is 1100. The summed E-state index contributed by atoms with van der Waals surface area (Å²) < 4.78 is 15.8. The molecule has 1 atom stereocenters. The molecule has 11 heteroatoms. The predicted octanol–water partition coefficient (Wildman–Crippen LogP) is 1.42. The van der Waals surface area contributed by atoms with Gasteiger partial charge in [0.05, 0.1) is 32.0 Å². The van der Waals surface area contributed by atoms with Crippen molar-refractivity contribution in [3.05, 3.63) is 65.1 Å². The fraction of sp³-hybridized carbons (Fsp3) is 0.227. The van der Waals surface area contributed by atoms with Crippen LogP contribution in [0.1, 0.15) is 24.1 Å². The third-order valence-electron chi connectivity index (χ3n) is 4.66. The first-order valence-electron chi connectivity index (χ1n) is 9.82. The molecule has 1 aliphatic heterocycles. The zero-order chi connectivity index (χ0) is 23.8. The first-order chi connectivity index (χ1) is 15.9. The third-order valence-corrected chi connectivity index (χ3v) is 4.66. The van der Waals surface area contributed by atoms with E-state index in [1.165, 1.54) is 20.4 Å². The minimum atomic E-state index is -0.750. The van der Waals surface area contributed by atoms with Crippen molar-refractivity contribution in [2.75, 3.05) is 20.8 Å². The van der Waals surface area contributed by atoms with Gasteiger partial charge in [-0.3, -0.25) is 9.78 Å². The van der Waals surface area contributed by atoms with Crippen molar-refractivity contribution < 1.29 is 28.6 Å². The number of nitrogens with zero attached hydrogens (tertiary/aromatic N) is 2. The number of nitrogens with one attached hydrogen (secondary N) is 3. The van der Waals surface area contributed by atoms with Gasteiger partial charge < -0.3 is 24.8 Å². The van der Waals surface area contributed by atoms with Crippen molar-refractivity contribution in [3.63, 3.8) is 0 Å². The quantitative estimate of drug-likeness (QED) is 0.312. The number of carbonyl (C=O) groups excluding carboxylic acids is 3. The van der Waals surface area contributed by atoms with Gasteiger partial charge in [-0.15, -0.1) is 0 Å². The highest BCUT2D eigenvalue weighted by atomic mass is 16.5. The molecule has 0 bridgehead atoms. The zero-order valence-corrected chi connectivity index (χ0v) is 18.2. The van der Waals surface area contributed by atoms with Crippen LogP contribution < -0.4 is 25.5 Å². The van der Waals surface area contributed by atoms with Crippen LogP contribution in [0.2, 0.25) is 0 Å². The van der Waals surface area contributed by atoms with Crippen molar-refractivity contribution in [2.24, 2.45) is 5.10 Å². The molecule has 1 aliphatic rings. The summed E-state index contributed by atoms with van der Waals surface area (Å²) >= 11 is 0. The number of pyridine rings is 1. The lowest BCUT2D eigenvalue weighted by Crippen LogP contribution is -2.45. The SMILES string of the molecule is COC(=O)C1=C(C)NC(=O)N[C@H]1c1ccc(OCC(=O)N/N=C\c2ccncc2)c(OC)c1. The standard InChI is InChI=1S/C22H23N5O6/c1-13-19(21(29)32-3)20(26-22(30)25-13)15-4-5-16(17(10-15)31-2)33-12-18(28)27-24-11-14-6-8-23-9-7-14/h4-11,20H,12H2,1-3H3,(H,27,28)(H2,25,26,30)/b24-11-/t20-/m0/s1. The summed E-state index contributed by atoms with van der Waals surface area (Å²) in [6.07, 6.45) is 4.71. The Morgan fingerprint density at radius 3 is 2.64 bits per heavy atom. The first-order valence-corrected chi connectivity index (χ1v) is 9.82. The molecule has 3 amide bonds. The molecule has 0 saturated carbocycles. The number of hydrogen-bond acceptors (Lipinski definition) is 8. The molecule has 0 spiro atoms. The summed E-state index contributed by atoms with van der Waals surface area (Å²) in [6, 6.07) is 7.14. The first kappa shape index (κ1) is 23.3. The molecule has 3 rings (SSSR count). The van der Waals surface area contributed by atoms with Crippen LogP contribution in [0.4, 0.5) is 4.79 Å². The monoisotopic (exact) mass is 453 g/mol. The minimum Gasteiger partial charge on any atom is -0.493 e. The minimum absolute atomic E-state index is 0.263. The second-order valence-corrected chi connectivity index (χ2v) is 6.83. The van der Waals surface area contributed by atoms with Gasteiger partial charge in [0, 0.05) is 18.1 Å². The van der Waals surface area contributed by atoms with Gasteiger partial charge in [0.2, 0.25) is 0 Å². The molecule has 3 N–H and O–H groups in total. The van der Waals surface area contributed by atoms with E-state index in [1.807, 2.05) is 0 Å². The lowest BCUT2D eigenvalue weighted by Gasteiger charge is -2.28. The number of ether oxygens (including phenoxy) is 3. The van der Waals surface area contributed by atoms with Crippen LogP contribution in [-0.4, -0.2) is 49.9 Å². The molecule has 2 aromatic rings. The van der Waals surface area contributed by atoms with Crippen LogP contribution in [0.25, 0.3) is 0 Å². The van der Waals surface area contributed by atoms with E-state index in [2.05, 4.69) is 26.1 Å². The van der Waals surface area contributed by atoms with E-state index in [-0.39, 0.29) is 12.2 Å². The summed E-state index contributed by atoms with van der Waals surface area (Å²) in [7, 11) is 2.70. The van der Waals surface area contributed by atoms with E-state index in [4.69, 9.17) is 14.2 Å². The second kappa shape index (κ2) is 10.8. The second-order valence-electron chi connectivity index (χ2n) is 6.83. The number of aromatic nitrogens is 1. The van der Waals surface area contributed by atoms with Gasteiger partial charge in [0.1, 0.15) is 0 Å². The Morgan fingerprint density at radius 1 is 1.18 bits per heavy atom. The van der Waals surface area contributed by atoms with E-state index in [0.717, 1.165) is 5.56 Å². The number of rotatable bonds is 8. The molecule has 172 valence electrons. The average Bonchev–Trinajstić information content (AvgIpc) is 2.82. The van der Waals surface area contributed by atoms with Crippen molar-refractivity contribution in [3.8, 4) is 11.5 Å². The molecule has 1 aromatic carbocycles. The van der Waals surface area contributed by atoms with Gasteiger partial charge in [0.25, 0.3) is 5.91 Å². The smallest absolute Gasteiger partial charge is 0.337 e. The third kappa shape index (κ3) is 5.85. The van der Waals surface area contributed by atoms with E-state index in [9.17, 15) is 14.4 Å². The van der Waals surface area contributed by atoms with E-state index < -0.39 is 23.9 Å². The van der Waals surface area contributed by atoms with Gasteiger partial charge in [-0.2, -0.15) is 5.10 Å². The average molecular weight is 453 g/mol. The fourth-order valence-corrected chi connectivity index (χ4v) is 3.11. The maximum absolute atomic E-state index is 12.3. The Morgan fingerprint density at radius 2 is 1.94 bits per heavy atom. The lowest BCUT2D eigenvalue weighted by molar-refractivity contribution is -0.136. The number of esters is 1. The van der Waals surface area contributed by atoms with E-state index in [1.54, 1.807) is 49.6 Å². The topological polar surface area (TPSA) is 140 Å². The molecule has 0 aliphatic carbocycles. The molecular formula is C22H23N5O6. The Labute approximate surface area is 189 Å². The number of urea groups is 1. The summed E-state index contributed by atoms with van der Waals surface area (Å²) in [5.74, 6) is -0.429. The molecule has 0 saturated heterocycles. The van der Waals surface area contributed by atoms with Crippen LogP contribution in [0.15, 0.2) is 59.1 Å². The van der Waals surface area contributed by atoms with Crippen molar-refractivity contribution >= 4 is 24.1 Å². The number of carbonyl (C=O) groups is 3. The molecule has 0 unspecified atom stereocenters. The van der Waals surface area contributed by atoms with Gasteiger partial charge in [0.15, 0.2) is 18.1 Å². The maximum atomic E-state index is 12.3. The highest BCUT2D eigenvalue weighted by Gasteiger charge is 2.32. The van der Waals surface area contributed by atoms with Gasteiger partial charge in [-0.1, -0.05) is 6.07 Å². The van der Waals surface area contributed by atoms with E-state index in [0.29, 0.717) is 22.8 Å². The predicted molar refractivity (Wildman–Crippen MR) is 118 cm³/mol. The van der Waals surface area contributed by atoms with Crippen LogP contribution in [0.3, 0.4) is 0 Å². The molecule has 2 heterocycles. The van der Waals surface area contributed by atoms with Gasteiger partial charge in [-0.25, -0.2) is 15.0 Å². The molecule has 0 fully saturated rings. The number of allylic oxidation sites excluding steroid dienone is 1. The summed E-state index contributed by atoms with van der Waals surface area (Å²) in [6.45, 7) is 1.31. The summed E-state index contributed by atoms with van der Waals surface area (Å²) in [5.41, 5.74) is 4.37. The highest BCUT2D eigenvalue weighted by molar-refractivity contribution is 5.95. The number of methoxy groups -OCH3 is 2. The van der Waals surface area contributed by atoms with Gasteiger partial charge >= 0.3 is 12.0 Å². The zero-order valence-electron chi connectivity index (χ0n) is 18.2. The molecule has 1 aromatic heterocycles. The number of hydrogen-bond donors (Lipinski definition) is 3. The van der Waals surface area contributed by atoms with Crippen molar-refractivity contribution in [1.82, 2.24) is 21.0 Å². The van der Waals surface area contributed by atoms with Crippen LogP contribution in [0, 0.1) is 0 Å². The van der Waals surface area contributed by atoms with E-state index >= 15 is 0 Å². The maximum Gasteiger partial charge on any atom is 0.337 e. The lowest BCUT2D eigenvalue weighted by atomic mass is 9.95. The van der Waals surface area contributed by atoms with Crippen LogP contribution in [0.5, 0.6) is 11.5 Å². The number of hydrazone groups is 1. The molecule has 33 heavy (non-hydrogen) atoms. The Balaban J connectivity index is 1.70.